The van der Waals surface area contributed by atoms with Gasteiger partial charge in [0.1, 0.15) is 17.2 Å². The van der Waals surface area contributed by atoms with Crippen LogP contribution in [0.25, 0.3) is 10.2 Å². The number of carbonyl (C=O) groups excluding carboxylic acids is 1. The number of benzene rings is 2. The van der Waals surface area contributed by atoms with Crippen LogP contribution in [0.5, 0.6) is 0 Å². The maximum Gasteiger partial charge on any atom is 0.260 e. The summed E-state index contributed by atoms with van der Waals surface area (Å²) < 4.78 is 28.3. The Kier molecular flexibility index (Phi) is 6.13. The Morgan fingerprint density at radius 1 is 1.07 bits per heavy atom. The van der Waals surface area contributed by atoms with Crippen molar-refractivity contribution < 1.29 is 13.6 Å². The number of fused-ring (bicyclic) bond motifs is 1. The molecule has 1 heterocycles. The van der Waals surface area contributed by atoms with Crippen LogP contribution in [0.15, 0.2) is 42.5 Å². The Hall–Kier alpha value is -2.38. The van der Waals surface area contributed by atoms with Crippen molar-refractivity contribution in [3.05, 3.63) is 59.7 Å². The lowest BCUT2D eigenvalue weighted by molar-refractivity contribution is 0.0983. The molecule has 0 unspecified atom stereocenters. The lowest BCUT2D eigenvalue weighted by Crippen LogP contribution is -2.38. The van der Waals surface area contributed by atoms with Crippen LogP contribution < -0.4 is 4.90 Å². The predicted molar refractivity (Wildman–Crippen MR) is 105 cm³/mol. The fourth-order valence-corrected chi connectivity index (χ4v) is 3.87. The molecule has 0 radical (unpaired) electrons. The summed E-state index contributed by atoms with van der Waals surface area (Å²) in [6, 6.07) is 10.3. The van der Waals surface area contributed by atoms with Crippen molar-refractivity contribution in [2.45, 2.75) is 13.8 Å². The average Bonchev–Trinajstić information content (AvgIpc) is 3.10. The Morgan fingerprint density at radius 3 is 2.48 bits per heavy atom. The smallest absolute Gasteiger partial charge is 0.260 e. The molecular weight excluding hydrogens is 368 g/mol. The first-order valence-electron chi connectivity index (χ1n) is 8.88. The van der Waals surface area contributed by atoms with Gasteiger partial charge in [0.05, 0.1) is 4.70 Å². The van der Waals surface area contributed by atoms with Crippen LogP contribution in [0.1, 0.15) is 24.2 Å². The van der Waals surface area contributed by atoms with Crippen molar-refractivity contribution in [2.75, 3.05) is 31.1 Å². The summed E-state index contributed by atoms with van der Waals surface area (Å²) >= 11 is 1.26. The number of carbonyl (C=O) groups is 1. The average molecular weight is 389 g/mol. The third kappa shape index (κ3) is 4.31. The molecule has 1 amide bonds. The van der Waals surface area contributed by atoms with Crippen molar-refractivity contribution in [1.82, 2.24) is 9.88 Å². The topological polar surface area (TPSA) is 36.4 Å². The minimum absolute atomic E-state index is 0.245. The van der Waals surface area contributed by atoms with Gasteiger partial charge in [-0.3, -0.25) is 9.69 Å². The van der Waals surface area contributed by atoms with Crippen LogP contribution in [-0.2, 0) is 0 Å². The molecule has 0 aliphatic rings. The summed E-state index contributed by atoms with van der Waals surface area (Å²) in [5.74, 6) is -1.24. The van der Waals surface area contributed by atoms with Crippen LogP contribution in [0.4, 0.5) is 13.9 Å². The Labute approximate surface area is 161 Å². The molecule has 0 fully saturated rings. The van der Waals surface area contributed by atoms with Gasteiger partial charge in [0.25, 0.3) is 5.91 Å². The Bertz CT molecular complexity index is 940. The molecule has 1 aromatic heterocycles. The summed E-state index contributed by atoms with van der Waals surface area (Å²) in [4.78, 5) is 21.1. The molecule has 0 aliphatic carbocycles. The molecule has 0 aliphatic heterocycles. The van der Waals surface area contributed by atoms with Crippen molar-refractivity contribution >= 4 is 32.6 Å². The minimum atomic E-state index is -0.472. The van der Waals surface area contributed by atoms with Crippen molar-refractivity contribution in [3.8, 4) is 0 Å². The van der Waals surface area contributed by atoms with E-state index < -0.39 is 11.6 Å². The van der Waals surface area contributed by atoms with E-state index in [2.05, 4.69) is 23.7 Å². The molecule has 7 heteroatoms. The van der Waals surface area contributed by atoms with Crippen LogP contribution in [0.3, 0.4) is 0 Å². The van der Waals surface area contributed by atoms with Gasteiger partial charge in [-0.1, -0.05) is 37.3 Å². The molecule has 0 saturated heterocycles. The highest BCUT2D eigenvalue weighted by Gasteiger charge is 2.23. The lowest BCUT2D eigenvalue weighted by atomic mass is 10.2. The van der Waals surface area contributed by atoms with Gasteiger partial charge >= 0.3 is 0 Å². The molecule has 0 N–H and O–H groups in total. The van der Waals surface area contributed by atoms with E-state index >= 15 is 0 Å². The molecular formula is C20H21F2N3OS. The summed E-state index contributed by atoms with van der Waals surface area (Å²) in [6.07, 6.45) is 0. The number of thiazole rings is 1. The van der Waals surface area contributed by atoms with Gasteiger partial charge in [-0.25, -0.2) is 13.8 Å². The predicted octanol–water partition coefficient (Wildman–Crippen LogP) is 4.56. The van der Waals surface area contributed by atoms with E-state index in [9.17, 15) is 13.6 Å². The zero-order valence-electron chi connectivity index (χ0n) is 15.3. The normalized spacial score (nSPS) is 11.3. The molecule has 142 valence electrons. The van der Waals surface area contributed by atoms with Gasteiger partial charge in [0.15, 0.2) is 5.13 Å². The number of amides is 1. The minimum Gasteiger partial charge on any atom is -0.302 e. The maximum absolute atomic E-state index is 14.0. The van der Waals surface area contributed by atoms with E-state index in [1.165, 1.54) is 40.5 Å². The monoisotopic (exact) mass is 389 g/mol. The summed E-state index contributed by atoms with van der Waals surface area (Å²) in [5.41, 5.74) is 0.492. The fraction of sp³-hybridized carbons (Fsp3) is 0.300. The second kappa shape index (κ2) is 8.54. The highest BCUT2D eigenvalue weighted by Crippen LogP contribution is 2.31. The molecule has 0 spiro atoms. The maximum atomic E-state index is 14.0. The van der Waals surface area contributed by atoms with Crippen LogP contribution in [0.2, 0.25) is 0 Å². The third-order valence-corrected chi connectivity index (χ3v) is 5.48. The first-order valence-corrected chi connectivity index (χ1v) is 9.70. The van der Waals surface area contributed by atoms with Gasteiger partial charge in [0.2, 0.25) is 0 Å². The largest absolute Gasteiger partial charge is 0.302 e. The molecule has 0 bridgehead atoms. The number of rotatable bonds is 7. The zero-order valence-corrected chi connectivity index (χ0v) is 16.1. The van der Waals surface area contributed by atoms with Crippen LogP contribution >= 0.6 is 11.3 Å². The zero-order chi connectivity index (χ0) is 19.4. The van der Waals surface area contributed by atoms with E-state index in [1.807, 2.05) is 0 Å². The number of halogens is 2. The highest BCUT2D eigenvalue weighted by molar-refractivity contribution is 7.22. The number of nitrogens with zero attached hydrogens (tertiary/aromatic N) is 3. The number of likely N-dealkylation sites (N-methyl/N-ethyl adjacent to an activating group) is 1. The number of para-hydroxylation sites is 1. The molecule has 3 aromatic rings. The quantitative estimate of drug-likeness (QED) is 0.594. The van der Waals surface area contributed by atoms with Gasteiger partial charge in [-0.2, -0.15) is 0 Å². The van der Waals surface area contributed by atoms with Crippen LogP contribution in [0, 0.1) is 11.6 Å². The van der Waals surface area contributed by atoms with Crippen molar-refractivity contribution in [1.29, 1.82) is 0 Å². The summed E-state index contributed by atoms with van der Waals surface area (Å²) in [5, 5.41) is 0.413. The molecule has 0 atom stereocenters. The molecule has 2 aromatic carbocycles. The van der Waals surface area contributed by atoms with Gasteiger partial charge in [-0.05, 0) is 43.4 Å². The molecule has 4 nitrogen and oxygen atoms in total. The number of hydrogen-bond donors (Lipinski definition) is 0. The Morgan fingerprint density at radius 2 is 1.81 bits per heavy atom. The van der Waals surface area contributed by atoms with E-state index in [0.717, 1.165) is 13.1 Å². The summed E-state index contributed by atoms with van der Waals surface area (Å²) in [6.45, 7) is 6.84. The van der Waals surface area contributed by atoms with Crippen molar-refractivity contribution in [2.24, 2.45) is 0 Å². The summed E-state index contributed by atoms with van der Waals surface area (Å²) in [7, 11) is 0. The fourth-order valence-electron chi connectivity index (χ4n) is 2.86. The van der Waals surface area contributed by atoms with Gasteiger partial charge in [-0.15, -0.1) is 0 Å². The molecule has 27 heavy (non-hydrogen) atoms. The van der Waals surface area contributed by atoms with Gasteiger partial charge in [0, 0.05) is 18.7 Å². The second-order valence-corrected chi connectivity index (χ2v) is 7.09. The van der Waals surface area contributed by atoms with Crippen molar-refractivity contribution in [3.63, 3.8) is 0 Å². The highest BCUT2D eigenvalue weighted by atomic mass is 32.1. The number of aromatic nitrogens is 1. The third-order valence-electron chi connectivity index (χ3n) is 4.44. The Balaban J connectivity index is 1.97. The van der Waals surface area contributed by atoms with E-state index in [4.69, 9.17) is 0 Å². The van der Waals surface area contributed by atoms with E-state index in [1.54, 1.807) is 18.2 Å². The molecule has 3 rings (SSSR count). The molecule has 0 saturated carbocycles. The van der Waals surface area contributed by atoms with E-state index in [0.29, 0.717) is 22.9 Å². The number of anilines is 1. The first kappa shape index (κ1) is 19.4. The SMILES string of the molecule is CCN(CC)CCN(C(=O)c1cccc(F)c1)c1nc2c(F)cccc2s1. The van der Waals surface area contributed by atoms with Crippen LogP contribution in [-0.4, -0.2) is 42.0 Å². The first-order chi connectivity index (χ1) is 13.0. The standard InChI is InChI=1S/C20H21F2N3OS/c1-3-24(4-2)11-12-25(19(26)14-7-5-8-15(21)13-14)20-23-18-16(22)9-6-10-17(18)27-20/h5-10,13H,3-4,11-12H2,1-2H3. The van der Waals surface area contributed by atoms with E-state index in [-0.39, 0.29) is 17.0 Å². The second-order valence-electron chi connectivity index (χ2n) is 6.08. The van der Waals surface area contributed by atoms with Gasteiger partial charge < -0.3 is 4.90 Å². The number of hydrogen-bond acceptors (Lipinski definition) is 4. The lowest BCUT2D eigenvalue weighted by Gasteiger charge is -2.24.